The molecule has 3 aromatic carbocycles. The Morgan fingerprint density at radius 2 is 1.21 bits per heavy atom. The zero-order valence-corrected chi connectivity index (χ0v) is 21.4. The smallest absolute Gasteiger partial charge is 0.274 e. The van der Waals surface area contributed by atoms with Crippen LogP contribution in [0.2, 0.25) is 0 Å². The van der Waals surface area contributed by atoms with Crippen LogP contribution in [0.15, 0.2) is 71.2 Å². The lowest BCUT2D eigenvalue weighted by Crippen LogP contribution is -2.56. The lowest BCUT2D eigenvalue weighted by atomic mass is 9.54. The highest BCUT2D eigenvalue weighted by molar-refractivity contribution is 9.10. The van der Waals surface area contributed by atoms with Crippen LogP contribution in [-0.2, 0) is 18.2 Å². The number of carbonyl (C=O) groups excluding carboxylic acids is 2. The number of benzene rings is 3. The van der Waals surface area contributed by atoms with Gasteiger partial charge in [0, 0.05) is 10.5 Å². The minimum absolute atomic E-state index is 0.0210. The largest absolute Gasteiger partial charge is 0.294 e. The number of imide groups is 1. The molecule has 4 aliphatic rings. The van der Waals surface area contributed by atoms with Crippen molar-refractivity contribution in [3.05, 3.63) is 104 Å². The Morgan fingerprint density at radius 3 is 1.61 bits per heavy atom. The fraction of sp³-hybridized carbons (Fsp3) is 0.167. The van der Waals surface area contributed by atoms with E-state index in [0.717, 1.165) is 27.2 Å². The second-order valence-corrected chi connectivity index (χ2v) is 11.8. The second kappa shape index (κ2) is 6.84. The van der Waals surface area contributed by atoms with E-state index in [-0.39, 0.29) is 11.4 Å². The van der Waals surface area contributed by atoms with Crippen molar-refractivity contribution in [2.24, 2.45) is 11.8 Å². The van der Waals surface area contributed by atoms with E-state index >= 15 is 0 Å². The summed E-state index contributed by atoms with van der Waals surface area (Å²) in [6.07, 6.45) is 0. The fourth-order valence-electron chi connectivity index (χ4n) is 5.74. The first-order valence-electron chi connectivity index (χ1n) is 10.1. The summed E-state index contributed by atoms with van der Waals surface area (Å²) in [6, 6.07) is 19.9. The second-order valence-electron chi connectivity index (χ2n) is 8.37. The fourth-order valence-corrected chi connectivity index (χ4v) is 8.39. The van der Waals surface area contributed by atoms with E-state index in [0.29, 0.717) is 4.47 Å². The Bertz CT molecular complexity index is 1300. The maximum Gasteiger partial charge on any atom is 0.294 e. The van der Waals surface area contributed by atoms with Crippen LogP contribution >= 0.6 is 47.8 Å². The lowest BCUT2D eigenvalue weighted by Gasteiger charge is -2.55. The molecule has 6 nitrogen and oxygen atoms in total. The van der Waals surface area contributed by atoms with Gasteiger partial charge in [0.2, 0.25) is 11.8 Å². The quantitative estimate of drug-likeness (QED) is 0.156. The summed E-state index contributed by atoms with van der Waals surface area (Å²) in [5, 5.41) is 11.8. The zero-order chi connectivity index (χ0) is 23.3. The topological polar surface area (TPSA) is 80.5 Å². The third-order valence-electron chi connectivity index (χ3n) is 6.96. The summed E-state index contributed by atoms with van der Waals surface area (Å²) in [5.41, 5.74) is 3.32. The number of amides is 2. The van der Waals surface area contributed by atoms with Crippen molar-refractivity contribution in [3.8, 4) is 0 Å². The molecule has 2 bridgehead atoms. The van der Waals surface area contributed by atoms with Gasteiger partial charge in [-0.25, -0.2) is 4.90 Å². The molecule has 0 saturated carbocycles. The first-order chi connectivity index (χ1) is 15.7. The maximum absolute atomic E-state index is 14.0. The van der Waals surface area contributed by atoms with Crippen LogP contribution in [0, 0.1) is 22.0 Å². The van der Waals surface area contributed by atoms with Crippen molar-refractivity contribution in [1.82, 2.24) is 0 Å². The molecule has 1 heterocycles. The van der Waals surface area contributed by atoms with Crippen molar-refractivity contribution >= 4 is 71.0 Å². The van der Waals surface area contributed by atoms with Crippen molar-refractivity contribution in [2.45, 2.75) is 8.65 Å². The third-order valence-corrected chi connectivity index (χ3v) is 10.1. The minimum Gasteiger partial charge on any atom is -0.274 e. The molecule has 1 fully saturated rings. The Morgan fingerprint density at radius 1 is 0.788 bits per heavy atom. The van der Waals surface area contributed by atoms with Gasteiger partial charge < -0.3 is 0 Å². The number of hydrogen-bond donors (Lipinski definition) is 0. The Hall–Kier alpha value is -2.36. The molecule has 33 heavy (non-hydrogen) atoms. The number of nitro benzene ring substituents is 1. The summed E-state index contributed by atoms with van der Waals surface area (Å²) in [6.45, 7) is 0. The van der Waals surface area contributed by atoms with Crippen LogP contribution in [0.1, 0.15) is 22.3 Å². The van der Waals surface area contributed by atoms with E-state index < -0.39 is 37.2 Å². The van der Waals surface area contributed by atoms with Gasteiger partial charge in [-0.1, -0.05) is 96.3 Å². The molecular formula is C24H13Br3N2O4. The number of halogens is 3. The van der Waals surface area contributed by atoms with E-state index in [9.17, 15) is 19.7 Å². The van der Waals surface area contributed by atoms with Crippen LogP contribution in [0.4, 0.5) is 11.4 Å². The van der Waals surface area contributed by atoms with E-state index in [1.54, 1.807) is 6.07 Å². The maximum atomic E-state index is 14.0. The van der Waals surface area contributed by atoms with Gasteiger partial charge in [0.1, 0.15) is 5.69 Å². The van der Waals surface area contributed by atoms with Crippen LogP contribution in [0.3, 0.4) is 0 Å². The van der Waals surface area contributed by atoms with Crippen LogP contribution in [0.5, 0.6) is 0 Å². The zero-order valence-electron chi connectivity index (χ0n) is 16.7. The van der Waals surface area contributed by atoms with Gasteiger partial charge in [-0.3, -0.25) is 19.7 Å². The number of rotatable bonds is 2. The van der Waals surface area contributed by atoms with Crippen molar-refractivity contribution < 1.29 is 14.5 Å². The third kappa shape index (κ3) is 2.42. The van der Waals surface area contributed by atoms with Crippen LogP contribution in [-0.4, -0.2) is 16.7 Å². The molecule has 9 heteroatoms. The molecule has 0 spiro atoms. The molecule has 2 atom stereocenters. The summed E-state index contributed by atoms with van der Waals surface area (Å²) >= 11 is 11.1. The van der Waals surface area contributed by atoms with Gasteiger partial charge >= 0.3 is 0 Å². The molecule has 0 N–H and O–H groups in total. The Labute approximate surface area is 213 Å². The Balaban J connectivity index is 1.65. The van der Waals surface area contributed by atoms with Gasteiger partial charge in [0.15, 0.2) is 0 Å². The average Bonchev–Trinajstić information content (AvgIpc) is 3.08. The Kier molecular flexibility index (Phi) is 4.39. The monoisotopic (exact) mass is 630 g/mol. The SMILES string of the molecule is O=C1[C@@H]2[C@H](C(=O)N1c1ccc(Br)cc1[N+](=O)[O-])C1(Br)c3ccccc3C2(Br)c2ccccc21. The molecule has 164 valence electrons. The molecule has 2 amide bonds. The number of hydrogen-bond acceptors (Lipinski definition) is 4. The molecule has 7 rings (SSSR count). The number of alkyl halides is 2. The summed E-state index contributed by atoms with van der Waals surface area (Å²) in [5.74, 6) is -2.48. The van der Waals surface area contributed by atoms with Gasteiger partial charge in [-0.15, -0.1) is 0 Å². The number of anilines is 1. The van der Waals surface area contributed by atoms with E-state index in [1.165, 1.54) is 12.1 Å². The average molecular weight is 633 g/mol. The first kappa shape index (κ1) is 21.2. The highest BCUT2D eigenvalue weighted by Crippen LogP contribution is 2.71. The standard InChI is InChI=1S/C24H13Br3N2O4/c25-12-9-10-17(18(11-12)29(32)33)28-21(30)19-20(22(28)31)24(27)14-6-2-1-5-13(14)23(19,26)15-7-3-4-8-16(15)24/h1-11,19-20H/t19-,20+,23?,24?. The lowest BCUT2D eigenvalue weighted by molar-refractivity contribution is -0.384. The predicted octanol–water partition coefficient (Wildman–Crippen LogP) is 5.77. The van der Waals surface area contributed by atoms with Crippen molar-refractivity contribution in [2.75, 3.05) is 4.90 Å². The normalized spacial score (nSPS) is 29.0. The molecule has 0 aromatic heterocycles. The highest BCUT2D eigenvalue weighted by Gasteiger charge is 2.72. The van der Waals surface area contributed by atoms with Crippen molar-refractivity contribution in [3.63, 3.8) is 0 Å². The van der Waals surface area contributed by atoms with Gasteiger partial charge in [-0.2, -0.15) is 0 Å². The molecule has 0 unspecified atom stereocenters. The van der Waals surface area contributed by atoms with E-state index in [1.807, 2.05) is 48.5 Å². The first-order valence-corrected chi connectivity index (χ1v) is 12.5. The highest BCUT2D eigenvalue weighted by atomic mass is 79.9. The molecule has 3 aromatic rings. The minimum atomic E-state index is -0.938. The summed E-state index contributed by atoms with van der Waals surface area (Å²) in [7, 11) is 0. The van der Waals surface area contributed by atoms with E-state index in [4.69, 9.17) is 0 Å². The predicted molar refractivity (Wildman–Crippen MR) is 133 cm³/mol. The molecule has 1 aliphatic heterocycles. The molecule has 1 saturated heterocycles. The number of nitro groups is 1. The van der Waals surface area contributed by atoms with E-state index in [2.05, 4.69) is 47.8 Å². The summed E-state index contributed by atoms with van der Waals surface area (Å²) < 4.78 is -1.39. The summed E-state index contributed by atoms with van der Waals surface area (Å²) in [4.78, 5) is 40.2. The number of carbonyl (C=O) groups is 2. The molecular weight excluding hydrogens is 620 g/mol. The van der Waals surface area contributed by atoms with Gasteiger partial charge in [0.25, 0.3) is 5.69 Å². The van der Waals surface area contributed by atoms with Gasteiger partial charge in [-0.05, 0) is 34.4 Å². The van der Waals surface area contributed by atoms with Crippen LogP contribution in [0.25, 0.3) is 0 Å². The van der Waals surface area contributed by atoms with Crippen LogP contribution < -0.4 is 4.90 Å². The molecule has 3 aliphatic carbocycles. The van der Waals surface area contributed by atoms with Crippen molar-refractivity contribution in [1.29, 1.82) is 0 Å². The molecule has 0 radical (unpaired) electrons. The number of nitrogens with zero attached hydrogens (tertiary/aromatic N) is 2. The van der Waals surface area contributed by atoms with Gasteiger partial charge in [0.05, 0.1) is 25.4 Å².